The van der Waals surface area contributed by atoms with Crippen LogP contribution in [0.3, 0.4) is 0 Å². The minimum Gasteiger partial charge on any atom is -0.274 e. The zero-order valence-electron chi connectivity index (χ0n) is 5.84. The number of hydroxylamine groups is 2. The van der Waals surface area contributed by atoms with Crippen LogP contribution in [0.5, 0.6) is 0 Å². The van der Waals surface area contributed by atoms with Crippen molar-refractivity contribution in [3.8, 4) is 0 Å². The number of alkyl halides is 1. The molecule has 58 valence electrons. The first-order chi connectivity index (χ1) is 4.75. The topological polar surface area (TPSA) is 29.5 Å². The monoisotopic (exact) mass is 207 g/mol. The van der Waals surface area contributed by atoms with Gasteiger partial charge in [0, 0.05) is 6.54 Å². The molecule has 1 aliphatic rings. The molecule has 1 saturated heterocycles. The SMILES string of the molecule is CON1CCCC(Br)C1=O. The zero-order chi connectivity index (χ0) is 7.56. The maximum absolute atomic E-state index is 11.1. The van der Waals surface area contributed by atoms with Gasteiger partial charge in [0.25, 0.3) is 5.91 Å². The Bertz CT molecular complexity index is 140. The molecule has 0 aromatic heterocycles. The summed E-state index contributed by atoms with van der Waals surface area (Å²) in [4.78, 5) is 15.9. The summed E-state index contributed by atoms with van der Waals surface area (Å²) in [5.74, 6) is 0.0359. The van der Waals surface area contributed by atoms with Gasteiger partial charge in [0.2, 0.25) is 0 Å². The first-order valence-electron chi connectivity index (χ1n) is 3.25. The van der Waals surface area contributed by atoms with Gasteiger partial charge < -0.3 is 0 Å². The molecule has 0 aromatic rings. The Hall–Kier alpha value is -0.0900. The molecule has 3 nitrogen and oxygen atoms in total. The van der Waals surface area contributed by atoms with Crippen LogP contribution in [-0.2, 0) is 9.63 Å². The molecule has 0 spiro atoms. The normalized spacial score (nSPS) is 27.2. The van der Waals surface area contributed by atoms with Gasteiger partial charge in [-0.2, -0.15) is 0 Å². The van der Waals surface area contributed by atoms with Crippen molar-refractivity contribution >= 4 is 21.8 Å². The van der Waals surface area contributed by atoms with E-state index in [0.717, 1.165) is 19.4 Å². The third kappa shape index (κ3) is 1.49. The fourth-order valence-electron chi connectivity index (χ4n) is 0.985. The summed E-state index contributed by atoms with van der Waals surface area (Å²) in [7, 11) is 1.52. The standard InChI is InChI=1S/C6H10BrNO2/c1-10-8-4-2-3-5(7)6(8)9/h5H,2-4H2,1H3. The number of hydrogen-bond acceptors (Lipinski definition) is 2. The van der Waals surface area contributed by atoms with Crippen molar-refractivity contribution in [2.24, 2.45) is 0 Å². The molecule has 0 aromatic carbocycles. The molecule has 0 radical (unpaired) electrons. The smallest absolute Gasteiger partial charge is 0.259 e. The molecule has 1 heterocycles. The Kier molecular flexibility index (Phi) is 2.68. The predicted molar refractivity (Wildman–Crippen MR) is 40.7 cm³/mol. The van der Waals surface area contributed by atoms with E-state index in [-0.39, 0.29) is 10.7 Å². The second-order valence-electron chi connectivity index (χ2n) is 2.23. The lowest BCUT2D eigenvalue weighted by Crippen LogP contribution is -2.40. The number of rotatable bonds is 1. The van der Waals surface area contributed by atoms with Crippen molar-refractivity contribution in [3.63, 3.8) is 0 Å². The maximum Gasteiger partial charge on any atom is 0.259 e. The van der Waals surface area contributed by atoms with E-state index < -0.39 is 0 Å². The van der Waals surface area contributed by atoms with Crippen molar-refractivity contribution in [3.05, 3.63) is 0 Å². The maximum atomic E-state index is 11.1. The molecule has 1 atom stereocenters. The van der Waals surface area contributed by atoms with Crippen molar-refractivity contribution in [2.75, 3.05) is 13.7 Å². The number of piperidine rings is 1. The van der Waals surface area contributed by atoms with E-state index in [9.17, 15) is 4.79 Å². The van der Waals surface area contributed by atoms with Gasteiger partial charge in [-0.3, -0.25) is 9.63 Å². The molecule has 1 amide bonds. The quantitative estimate of drug-likeness (QED) is 0.600. The lowest BCUT2D eigenvalue weighted by molar-refractivity contribution is -0.179. The molecule has 1 fully saturated rings. The van der Waals surface area contributed by atoms with Crippen LogP contribution >= 0.6 is 15.9 Å². The summed E-state index contributed by atoms with van der Waals surface area (Å²) < 4.78 is 0. The molecule has 0 N–H and O–H groups in total. The molecule has 0 saturated carbocycles. The summed E-state index contributed by atoms with van der Waals surface area (Å²) in [5, 5.41) is 1.39. The van der Waals surface area contributed by atoms with Gasteiger partial charge in [0.1, 0.15) is 0 Å². The summed E-state index contributed by atoms with van der Waals surface area (Å²) in [6.45, 7) is 0.720. The number of halogens is 1. The van der Waals surface area contributed by atoms with E-state index in [2.05, 4.69) is 15.9 Å². The Morgan fingerprint density at radius 1 is 1.80 bits per heavy atom. The molecule has 1 unspecified atom stereocenters. The third-order valence-corrected chi connectivity index (χ3v) is 2.40. The van der Waals surface area contributed by atoms with E-state index in [1.54, 1.807) is 0 Å². The van der Waals surface area contributed by atoms with Crippen LogP contribution in [0.25, 0.3) is 0 Å². The average molecular weight is 208 g/mol. The molecule has 10 heavy (non-hydrogen) atoms. The number of hydrogen-bond donors (Lipinski definition) is 0. The molecule has 4 heteroatoms. The van der Waals surface area contributed by atoms with Crippen molar-refractivity contribution < 1.29 is 9.63 Å². The largest absolute Gasteiger partial charge is 0.274 e. The number of amides is 1. The van der Waals surface area contributed by atoms with E-state index >= 15 is 0 Å². The fourth-order valence-corrected chi connectivity index (χ4v) is 1.54. The Labute approximate surface area is 68.4 Å². The third-order valence-electron chi connectivity index (χ3n) is 1.55. The Morgan fingerprint density at radius 3 is 3.00 bits per heavy atom. The zero-order valence-corrected chi connectivity index (χ0v) is 7.43. The highest BCUT2D eigenvalue weighted by molar-refractivity contribution is 9.10. The molecular formula is C6H10BrNO2. The van der Waals surface area contributed by atoms with Crippen LogP contribution in [0.4, 0.5) is 0 Å². The number of carbonyl (C=O) groups excluding carboxylic acids is 1. The van der Waals surface area contributed by atoms with E-state index in [1.165, 1.54) is 12.2 Å². The highest BCUT2D eigenvalue weighted by Gasteiger charge is 2.26. The van der Waals surface area contributed by atoms with Gasteiger partial charge >= 0.3 is 0 Å². The van der Waals surface area contributed by atoms with Crippen molar-refractivity contribution in [2.45, 2.75) is 17.7 Å². The fraction of sp³-hybridized carbons (Fsp3) is 0.833. The van der Waals surface area contributed by atoms with E-state index in [1.807, 2.05) is 0 Å². The average Bonchev–Trinajstić information content (AvgIpc) is 1.95. The van der Waals surface area contributed by atoms with Crippen LogP contribution in [-0.4, -0.2) is 29.5 Å². The van der Waals surface area contributed by atoms with Crippen LogP contribution in [0.15, 0.2) is 0 Å². The highest BCUT2D eigenvalue weighted by Crippen LogP contribution is 2.17. The first kappa shape index (κ1) is 8.01. The predicted octanol–water partition coefficient (Wildman–Crippen LogP) is 0.934. The van der Waals surface area contributed by atoms with E-state index in [4.69, 9.17) is 4.84 Å². The minimum atomic E-state index is -0.0406. The Balaban J connectivity index is 2.51. The lowest BCUT2D eigenvalue weighted by Gasteiger charge is -2.26. The number of carbonyl (C=O) groups is 1. The first-order valence-corrected chi connectivity index (χ1v) is 4.17. The van der Waals surface area contributed by atoms with Crippen LogP contribution in [0.2, 0.25) is 0 Å². The molecular weight excluding hydrogens is 198 g/mol. The van der Waals surface area contributed by atoms with Gasteiger partial charge in [-0.25, -0.2) is 5.06 Å². The van der Waals surface area contributed by atoms with Crippen molar-refractivity contribution in [1.29, 1.82) is 0 Å². The lowest BCUT2D eigenvalue weighted by atomic mass is 10.1. The van der Waals surface area contributed by atoms with Gasteiger partial charge in [-0.05, 0) is 12.8 Å². The summed E-state index contributed by atoms with van der Waals surface area (Å²) in [6.07, 6.45) is 1.92. The molecule has 1 rings (SSSR count). The van der Waals surface area contributed by atoms with Gasteiger partial charge in [0.05, 0.1) is 11.9 Å². The molecule has 1 aliphatic heterocycles. The van der Waals surface area contributed by atoms with Gasteiger partial charge in [0.15, 0.2) is 0 Å². The van der Waals surface area contributed by atoms with Crippen LogP contribution < -0.4 is 0 Å². The van der Waals surface area contributed by atoms with E-state index in [0.29, 0.717) is 0 Å². The molecule has 0 bridgehead atoms. The molecule has 0 aliphatic carbocycles. The summed E-state index contributed by atoms with van der Waals surface area (Å²) >= 11 is 3.26. The van der Waals surface area contributed by atoms with Crippen molar-refractivity contribution in [1.82, 2.24) is 5.06 Å². The van der Waals surface area contributed by atoms with Gasteiger partial charge in [-0.1, -0.05) is 15.9 Å². The summed E-state index contributed by atoms with van der Waals surface area (Å²) in [6, 6.07) is 0. The second kappa shape index (κ2) is 3.34. The van der Waals surface area contributed by atoms with Crippen LogP contribution in [0.1, 0.15) is 12.8 Å². The second-order valence-corrected chi connectivity index (χ2v) is 3.34. The summed E-state index contributed by atoms with van der Waals surface area (Å²) in [5.41, 5.74) is 0. The van der Waals surface area contributed by atoms with Gasteiger partial charge in [-0.15, -0.1) is 0 Å². The minimum absolute atomic E-state index is 0.0359. The Morgan fingerprint density at radius 2 is 2.50 bits per heavy atom. The van der Waals surface area contributed by atoms with Crippen LogP contribution in [0, 0.1) is 0 Å². The highest BCUT2D eigenvalue weighted by atomic mass is 79.9. The number of nitrogens with zero attached hydrogens (tertiary/aromatic N) is 1.